The Morgan fingerprint density at radius 2 is 2.17 bits per heavy atom. The van der Waals surface area contributed by atoms with E-state index >= 15 is 0 Å². The van der Waals surface area contributed by atoms with Gasteiger partial charge < -0.3 is 14.8 Å². The molecule has 24 heavy (non-hydrogen) atoms. The molecule has 128 valence electrons. The number of aryl methyl sites for hydroxylation is 2. The molecule has 3 rings (SSSR count). The highest BCUT2D eigenvalue weighted by atomic mass is 35.5. The lowest BCUT2D eigenvalue weighted by atomic mass is 10.0. The monoisotopic (exact) mass is 344 g/mol. The fraction of sp³-hybridized carbons (Fsp3) is 0.421. The van der Waals surface area contributed by atoms with E-state index in [0.717, 1.165) is 29.6 Å². The molecule has 0 amide bonds. The SMILES string of the molecule is CN=C(NC1CC1c1ccccc1C)N(C)Cc1cc(Cl)cn1C. The third-order valence-corrected chi connectivity index (χ3v) is 4.95. The van der Waals surface area contributed by atoms with E-state index in [1.54, 1.807) is 0 Å². The molecule has 0 radical (unpaired) electrons. The van der Waals surface area contributed by atoms with Gasteiger partial charge in [-0.05, 0) is 30.5 Å². The quantitative estimate of drug-likeness (QED) is 0.679. The van der Waals surface area contributed by atoms with Crippen LogP contribution >= 0.6 is 11.6 Å². The van der Waals surface area contributed by atoms with Crippen LogP contribution in [0.1, 0.15) is 29.2 Å². The Labute approximate surface area is 149 Å². The van der Waals surface area contributed by atoms with Crippen LogP contribution in [0, 0.1) is 6.92 Å². The number of halogens is 1. The van der Waals surface area contributed by atoms with Crippen LogP contribution in [-0.4, -0.2) is 35.6 Å². The summed E-state index contributed by atoms with van der Waals surface area (Å²) in [4.78, 5) is 6.58. The molecule has 4 nitrogen and oxygen atoms in total. The first kappa shape index (κ1) is 16.9. The molecular formula is C19H25ClN4. The van der Waals surface area contributed by atoms with E-state index in [1.807, 2.05) is 26.4 Å². The first-order valence-corrected chi connectivity index (χ1v) is 8.68. The third-order valence-electron chi connectivity index (χ3n) is 4.74. The van der Waals surface area contributed by atoms with Gasteiger partial charge in [0.15, 0.2) is 5.96 Å². The zero-order valence-electron chi connectivity index (χ0n) is 14.8. The summed E-state index contributed by atoms with van der Waals surface area (Å²) in [7, 11) is 5.91. The van der Waals surface area contributed by atoms with Crippen molar-refractivity contribution in [1.29, 1.82) is 0 Å². The first-order chi connectivity index (χ1) is 11.5. The standard InChI is InChI=1S/C19H25ClN4/c1-13-7-5-6-8-16(13)17-10-18(17)22-19(21-2)24(4)12-15-9-14(20)11-23(15)3/h5-9,11,17-18H,10,12H2,1-4H3,(H,21,22). The molecule has 1 aliphatic rings. The van der Waals surface area contributed by atoms with E-state index in [0.29, 0.717) is 12.0 Å². The minimum Gasteiger partial charge on any atom is -0.353 e. The van der Waals surface area contributed by atoms with Gasteiger partial charge in [-0.25, -0.2) is 0 Å². The van der Waals surface area contributed by atoms with E-state index in [-0.39, 0.29) is 0 Å². The van der Waals surface area contributed by atoms with Crippen LogP contribution in [0.2, 0.25) is 5.02 Å². The summed E-state index contributed by atoms with van der Waals surface area (Å²) < 4.78 is 2.05. The molecule has 0 spiro atoms. The Bertz CT molecular complexity index is 750. The number of nitrogens with zero attached hydrogens (tertiary/aromatic N) is 3. The zero-order valence-corrected chi connectivity index (χ0v) is 15.5. The summed E-state index contributed by atoms with van der Waals surface area (Å²) in [5, 5.41) is 4.37. The van der Waals surface area contributed by atoms with E-state index in [1.165, 1.54) is 11.1 Å². The van der Waals surface area contributed by atoms with Crippen LogP contribution < -0.4 is 5.32 Å². The number of aliphatic imine (C=N–C) groups is 1. The summed E-state index contributed by atoms with van der Waals surface area (Å²) in [6.07, 6.45) is 3.09. The molecule has 5 heteroatoms. The minimum absolute atomic E-state index is 0.462. The highest BCUT2D eigenvalue weighted by Gasteiger charge is 2.40. The Hall–Kier alpha value is -1.94. The third kappa shape index (κ3) is 3.59. The van der Waals surface area contributed by atoms with Crippen molar-refractivity contribution in [2.45, 2.75) is 31.8 Å². The fourth-order valence-corrected chi connectivity index (χ4v) is 3.53. The molecule has 1 fully saturated rings. The van der Waals surface area contributed by atoms with Crippen molar-refractivity contribution < 1.29 is 0 Å². The smallest absolute Gasteiger partial charge is 0.193 e. The second-order valence-corrected chi connectivity index (χ2v) is 7.05. The van der Waals surface area contributed by atoms with Crippen LogP contribution in [0.3, 0.4) is 0 Å². The predicted molar refractivity (Wildman–Crippen MR) is 101 cm³/mol. The molecular weight excluding hydrogens is 320 g/mol. The van der Waals surface area contributed by atoms with E-state index in [2.05, 4.69) is 58.0 Å². The lowest BCUT2D eigenvalue weighted by Gasteiger charge is -2.22. The average Bonchev–Trinajstić information content (AvgIpc) is 3.23. The zero-order chi connectivity index (χ0) is 17.3. The molecule has 2 atom stereocenters. The highest BCUT2D eigenvalue weighted by molar-refractivity contribution is 6.30. The van der Waals surface area contributed by atoms with Crippen molar-refractivity contribution in [2.24, 2.45) is 12.0 Å². The van der Waals surface area contributed by atoms with Crippen LogP contribution in [0.4, 0.5) is 0 Å². The summed E-state index contributed by atoms with van der Waals surface area (Å²) >= 11 is 6.07. The van der Waals surface area contributed by atoms with Gasteiger partial charge in [0.25, 0.3) is 0 Å². The largest absolute Gasteiger partial charge is 0.353 e. The average molecular weight is 345 g/mol. The number of hydrogen-bond acceptors (Lipinski definition) is 1. The molecule has 1 aromatic carbocycles. The Morgan fingerprint density at radius 3 is 2.79 bits per heavy atom. The molecule has 1 saturated carbocycles. The highest BCUT2D eigenvalue weighted by Crippen LogP contribution is 2.42. The normalized spacial score (nSPS) is 20.1. The number of rotatable bonds is 4. The summed E-state index contributed by atoms with van der Waals surface area (Å²) in [6, 6.07) is 11.1. The second-order valence-electron chi connectivity index (χ2n) is 6.61. The van der Waals surface area contributed by atoms with Crippen LogP contribution in [-0.2, 0) is 13.6 Å². The molecule has 0 bridgehead atoms. The van der Waals surface area contributed by atoms with E-state index in [9.17, 15) is 0 Å². The summed E-state index contributed by atoms with van der Waals surface area (Å²) in [6.45, 7) is 2.95. The second kappa shape index (κ2) is 6.89. The number of nitrogens with one attached hydrogen (secondary N) is 1. The number of guanidine groups is 1. The van der Waals surface area contributed by atoms with Gasteiger partial charge in [-0.2, -0.15) is 0 Å². The summed E-state index contributed by atoms with van der Waals surface area (Å²) in [5.41, 5.74) is 3.98. The first-order valence-electron chi connectivity index (χ1n) is 8.30. The van der Waals surface area contributed by atoms with Crippen LogP contribution in [0.5, 0.6) is 0 Å². The van der Waals surface area contributed by atoms with Crippen molar-refractivity contribution in [3.8, 4) is 0 Å². The van der Waals surface area contributed by atoms with E-state index < -0.39 is 0 Å². The Morgan fingerprint density at radius 1 is 1.42 bits per heavy atom. The molecule has 1 N–H and O–H groups in total. The van der Waals surface area contributed by atoms with Gasteiger partial charge in [-0.3, -0.25) is 4.99 Å². The number of hydrogen-bond donors (Lipinski definition) is 1. The molecule has 1 aliphatic carbocycles. The van der Waals surface area contributed by atoms with Crippen molar-refractivity contribution in [1.82, 2.24) is 14.8 Å². The topological polar surface area (TPSA) is 32.6 Å². The maximum atomic E-state index is 6.07. The molecule has 1 heterocycles. The van der Waals surface area contributed by atoms with Gasteiger partial charge in [-0.15, -0.1) is 0 Å². The van der Waals surface area contributed by atoms with Crippen molar-refractivity contribution in [2.75, 3.05) is 14.1 Å². The molecule has 0 aliphatic heterocycles. The van der Waals surface area contributed by atoms with Gasteiger partial charge in [0.2, 0.25) is 0 Å². The lowest BCUT2D eigenvalue weighted by molar-refractivity contribution is 0.461. The maximum absolute atomic E-state index is 6.07. The Balaban J connectivity index is 1.62. The van der Waals surface area contributed by atoms with Crippen molar-refractivity contribution >= 4 is 17.6 Å². The number of benzene rings is 1. The summed E-state index contributed by atoms with van der Waals surface area (Å²) in [5.74, 6) is 1.51. The minimum atomic E-state index is 0.462. The fourth-order valence-electron chi connectivity index (χ4n) is 3.25. The molecule has 2 unspecified atom stereocenters. The molecule has 0 saturated heterocycles. The van der Waals surface area contributed by atoms with E-state index in [4.69, 9.17) is 11.6 Å². The number of aromatic nitrogens is 1. The van der Waals surface area contributed by atoms with Gasteiger partial charge in [-0.1, -0.05) is 35.9 Å². The lowest BCUT2D eigenvalue weighted by Crippen LogP contribution is -2.40. The van der Waals surface area contributed by atoms with Crippen molar-refractivity contribution in [3.63, 3.8) is 0 Å². The van der Waals surface area contributed by atoms with Gasteiger partial charge in [0, 0.05) is 45.0 Å². The van der Waals surface area contributed by atoms with Gasteiger partial charge >= 0.3 is 0 Å². The Kier molecular flexibility index (Phi) is 4.86. The van der Waals surface area contributed by atoms with Crippen LogP contribution in [0.15, 0.2) is 41.5 Å². The van der Waals surface area contributed by atoms with Gasteiger partial charge in [0.05, 0.1) is 11.6 Å². The predicted octanol–water partition coefficient (Wildman–Crippen LogP) is 3.55. The maximum Gasteiger partial charge on any atom is 0.193 e. The van der Waals surface area contributed by atoms with Crippen molar-refractivity contribution in [3.05, 3.63) is 58.4 Å². The molecule has 2 aromatic rings. The van der Waals surface area contributed by atoms with Gasteiger partial charge in [0.1, 0.15) is 0 Å². The van der Waals surface area contributed by atoms with Crippen LogP contribution in [0.25, 0.3) is 0 Å². The molecule has 1 aromatic heterocycles.